The SMILES string of the molecule is COc1ncc(-c2ccc3c(N4CCOCC4)nc(-c4ccc(NC(=O)Nc5ccc(C(=O)N(C)C)cc5)cc4)nc3c2)cn1. The number of rotatable bonds is 7. The maximum absolute atomic E-state index is 12.7. The Balaban J connectivity index is 1.24. The van der Waals surface area contributed by atoms with Crippen LogP contribution in [0.4, 0.5) is 22.0 Å². The van der Waals surface area contributed by atoms with Crippen LogP contribution in [0, 0.1) is 0 Å². The molecule has 0 bridgehead atoms. The number of fused-ring (bicyclic) bond motifs is 1. The molecule has 12 heteroatoms. The first-order valence-corrected chi connectivity index (χ1v) is 14.4. The van der Waals surface area contributed by atoms with Crippen LogP contribution in [-0.2, 0) is 4.74 Å². The van der Waals surface area contributed by atoms with Crippen molar-refractivity contribution in [2.24, 2.45) is 0 Å². The van der Waals surface area contributed by atoms with Crippen LogP contribution in [-0.4, -0.2) is 84.3 Å². The Morgan fingerprint density at radius 1 is 0.822 bits per heavy atom. The van der Waals surface area contributed by atoms with Gasteiger partial charge in [0.25, 0.3) is 5.91 Å². The van der Waals surface area contributed by atoms with Gasteiger partial charge in [0.05, 0.1) is 25.8 Å². The van der Waals surface area contributed by atoms with E-state index in [1.54, 1.807) is 62.9 Å². The number of carbonyl (C=O) groups excluding carboxylic acids is 2. The van der Waals surface area contributed by atoms with Gasteiger partial charge < -0.3 is 29.9 Å². The number of morpholine rings is 1. The first kappa shape index (κ1) is 29.5. The van der Waals surface area contributed by atoms with E-state index in [-0.39, 0.29) is 5.91 Å². The van der Waals surface area contributed by atoms with Gasteiger partial charge in [-0.1, -0.05) is 6.07 Å². The quantitative estimate of drug-likeness (QED) is 0.265. The van der Waals surface area contributed by atoms with Crippen molar-refractivity contribution < 1.29 is 19.1 Å². The van der Waals surface area contributed by atoms with Crippen molar-refractivity contribution in [3.8, 4) is 28.5 Å². The highest BCUT2D eigenvalue weighted by Crippen LogP contribution is 2.32. The molecule has 1 saturated heterocycles. The van der Waals surface area contributed by atoms with Crippen molar-refractivity contribution in [1.29, 1.82) is 0 Å². The summed E-state index contributed by atoms with van der Waals surface area (Å²) in [6, 6.07) is 20.1. The van der Waals surface area contributed by atoms with E-state index >= 15 is 0 Å². The number of ether oxygens (including phenoxy) is 2. The minimum absolute atomic E-state index is 0.106. The summed E-state index contributed by atoms with van der Waals surface area (Å²) in [6.07, 6.45) is 3.45. The molecule has 12 nitrogen and oxygen atoms in total. The number of hydrogen-bond acceptors (Lipinski definition) is 9. The Hall–Kier alpha value is -5.62. The summed E-state index contributed by atoms with van der Waals surface area (Å²) in [6.45, 7) is 2.71. The van der Waals surface area contributed by atoms with Gasteiger partial charge >= 0.3 is 12.0 Å². The summed E-state index contributed by atoms with van der Waals surface area (Å²) in [7, 11) is 4.92. The molecule has 3 amide bonds. The molecule has 1 aliphatic rings. The molecule has 0 radical (unpaired) electrons. The molecule has 1 aliphatic heterocycles. The predicted octanol–water partition coefficient (Wildman–Crippen LogP) is 4.94. The molecular formula is C33H32N8O4. The van der Waals surface area contributed by atoms with Crippen molar-refractivity contribution >= 4 is 40.0 Å². The van der Waals surface area contributed by atoms with E-state index in [2.05, 4.69) is 25.5 Å². The third kappa shape index (κ3) is 6.65. The van der Waals surface area contributed by atoms with E-state index in [1.807, 2.05) is 30.3 Å². The Morgan fingerprint density at radius 2 is 1.44 bits per heavy atom. The summed E-state index contributed by atoms with van der Waals surface area (Å²) in [5.74, 6) is 1.30. The van der Waals surface area contributed by atoms with E-state index in [4.69, 9.17) is 19.4 Å². The lowest BCUT2D eigenvalue weighted by molar-refractivity contribution is 0.0827. The van der Waals surface area contributed by atoms with E-state index in [9.17, 15) is 9.59 Å². The highest BCUT2D eigenvalue weighted by Gasteiger charge is 2.19. The maximum atomic E-state index is 12.7. The Labute approximate surface area is 260 Å². The van der Waals surface area contributed by atoms with Gasteiger partial charge in [0.1, 0.15) is 5.82 Å². The van der Waals surface area contributed by atoms with E-state index in [0.717, 1.165) is 46.5 Å². The fourth-order valence-corrected chi connectivity index (χ4v) is 4.96. The number of benzene rings is 3. The number of nitrogens with one attached hydrogen (secondary N) is 2. The molecule has 228 valence electrons. The molecule has 3 aromatic carbocycles. The van der Waals surface area contributed by atoms with Crippen LogP contribution >= 0.6 is 0 Å². The normalized spacial score (nSPS) is 12.9. The van der Waals surface area contributed by atoms with Crippen LogP contribution in [0.3, 0.4) is 0 Å². The van der Waals surface area contributed by atoms with Gasteiger partial charge in [-0.05, 0) is 66.2 Å². The molecule has 0 spiro atoms. The van der Waals surface area contributed by atoms with Crippen molar-refractivity contribution in [3.63, 3.8) is 0 Å². The molecule has 5 aromatic rings. The van der Waals surface area contributed by atoms with Crippen molar-refractivity contribution in [2.75, 3.05) is 63.0 Å². The maximum Gasteiger partial charge on any atom is 0.323 e. The van der Waals surface area contributed by atoms with Gasteiger partial charge in [-0.25, -0.2) is 24.7 Å². The number of carbonyl (C=O) groups is 2. The van der Waals surface area contributed by atoms with Gasteiger partial charge in [0.2, 0.25) is 0 Å². The van der Waals surface area contributed by atoms with Gasteiger partial charge in [-0.3, -0.25) is 4.79 Å². The third-order valence-corrected chi connectivity index (χ3v) is 7.33. The monoisotopic (exact) mass is 604 g/mol. The summed E-state index contributed by atoms with van der Waals surface area (Å²) < 4.78 is 10.7. The fraction of sp³-hybridized carbons (Fsp3) is 0.212. The molecule has 0 saturated carbocycles. The number of anilines is 3. The van der Waals surface area contributed by atoms with Crippen molar-refractivity contribution in [3.05, 3.63) is 84.7 Å². The second-order valence-corrected chi connectivity index (χ2v) is 10.6. The van der Waals surface area contributed by atoms with E-state index < -0.39 is 6.03 Å². The van der Waals surface area contributed by atoms with Crippen LogP contribution in [0.25, 0.3) is 33.4 Å². The molecule has 2 N–H and O–H groups in total. The summed E-state index contributed by atoms with van der Waals surface area (Å²) in [5, 5.41) is 6.57. The molecule has 45 heavy (non-hydrogen) atoms. The molecule has 0 atom stereocenters. The Morgan fingerprint density at radius 3 is 2.07 bits per heavy atom. The zero-order valence-corrected chi connectivity index (χ0v) is 25.2. The fourth-order valence-electron chi connectivity index (χ4n) is 4.96. The lowest BCUT2D eigenvalue weighted by atomic mass is 10.1. The third-order valence-electron chi connectivity index (χ3n) is 7.33. The molecule has 2 aromatic heterocycles. The smallest absolute Gasteiger partial charge is 0.323 e. The van der Waals surface area contributed by atoms with Crippen molar-refractivity contribution in [1.82, 2.24) is 24.8 Å². The number of methoxy groups -OCH3 is 1. The number of aromatic nitrogens is 4. The molecular weight excluding hydrogens is 572 g/mol. The first-order chi connectivity index (χ1) is 21.9. The van der Waals surface area contributed by atoms with Crippen molar-refractivity contribution in [2.45, 2.75) is 0 Å². The summed E-state index contributed by atoms with van der Waals surface area (Å²) in [5.41, 5.74) is 5.07. The van der Waals surface area contributed by atoms with Crippen LogP contribution in [0.1, 0.15) is 10.4 Å². The molecule has 1 fully saturated rings. The van der Waals surface area contributed by atoms with Crippen LogP contribution in [0.5, 0.6) is 6.01 Å². The van der Waals surface area contributed by atoms with Gasteiger partial charge in [-0.15, -0.1) is 0 Å². The lowest BCUT2D eigenvalue weighted by Gasteiger charge is -2.29. The Kier molecular flexibility index (Phi) is 8.47. The van der Waals surface area contributed by atoms with Gasteiger partial charge in [-0.2, -0.15) is 0 Å². The average molecular weight is 605 g/mol. The zero-order valence-electron chi connectivity index (χ0n) is 25.2. The van der Waals surface area contributed by atoms with Crippen LogP contribution < -0.4 is 20.3 Å². The first-order valence-electron chi connectivity index (χ1n) is 14.4. The van der Waals surface area contributed by atoms with Crippen LogP contribution in [0.2, 0.25) is 0 Å². The largest absolute Gasteiger partial charge is 0.467 e. The second kappa shape index (κ2) is 12.9. The number of nitrogens with zero attached hydrogens (tertiary/aromatic N) is 6. The van der Waals surface area contributed by atoms with Gasteiger partial charge in [0, 0.05) is 73.0 Å². The lowest BCUT2D eigenvalue weighted by Crippen LogP contribution is -2.37. The van der Waals surface area contributed by atoms with Gasteiger partial charge in [0.15, 0.2) is 5.82 Å². The summed E-state index contributed by atoms with van der Waals surface area (Å²) >= 11 is 0. The highest BCUT2D eigenvalue weighted by atomic mass is 16.5. The zero-order chi connectivity index (χ0) is 31.3. The average Bonchev–Trinajstić information content (AvgIpc) is 3.08. The molecule has 3 heterocycles. The molecule has 6 rings (SSSR count). The summed E-state index contributed by atoms with van der Waals surface area (Å²) in [4.78, 5) is 46.9. The topological polar surface area (TPSA) is 135 Å². The molecule has 0 aliphatic carbocycles. The second-order valence-electron chi connectivity index (χ2n) is 10.6. The van der Waals surface area contributed by atoms with E-state index in [1.165, 1.54) is 12.0 Å². The standard InChI is InChI=1S/C33H32N8O4/c1-40(2)31(42)22-6-11-26(12-7-22)37-32(43)36-25-9-4-21(5-10-25)29-38-28-18-23(24-19-34-33(44-3)35-20-24)8-13-27(28)30(39-29)41-14-16-45-17-15-41/h4-13,18-20H,14-17H2,1-3H3,(H2,36,37,43). The minimum atomic E-state index is -0.402. The predicted molar refractivity (Wildman–Crippen MR) is 173 cm³/mol. The Bertz CT molecular complexity index is 1820. The number of urea groups is 1. The minimum Gasteiger partial charge on any atom is -0.467 e. The highest BCUT2D eigenvalue weighted by molar-refractivity contribution is 6.00. The number of amides is 3. The number of hydrogen-bond donors (Lipinski definition) is 2. The van der Waals surface area contributed by atoms with E-state index in [0.29, 0.717) is 42.0 Å². The van der Waals surface area contributed by atoms with Crippen LogP contribution in [0.15, 0.2) is 79.1 Å². The molecule has 0 unspecified atom stereocenters.